The molecule has 2 unspecified atom stereocenters. The summed E-state index contributed by atoms with van der Waals surface area (Å²) in [7, 11) is 1.83. The van der Waals surface area contributed by atoms with Crippen molar-refractivity contribution in [2.75, 3.05) is 20.3 Å². The van der Waals surface area contributed by atoms with E-state index in [-0.39, 0.29) is 24.7 Å². The molecule has 1 fully saturated rings. The Labute approximate surface area is 123 Å². The summed E-state index contributed by atoms with van der Waals surface area (Å²) in [5.41, 5.74) is 0.671. The van der Waals surface area contributed by atoms with E-state index in [0.29, 0.717) is 18.6 Å². The lowest BCUT2D eigenvalue weighted by Crippen LogP contribution is -2.40. The highest BCUT2D eigenvalue weighted by Crippen LogP contribution is 2.22. The van der Waals surface area contributed by atoms with Gasteiger partial charge in [0, 0.05) is 25.5 Å². The topological polar surface area (TPSA) is 49.8 Å². The van der Waals surface area contributed by atoms with Gasteiger partial charge in [0.1, 0.15) is 0 Å². The van der Waals surface area contributed by atoms with Crippen LogP contribution in [0.15, 0.2) is 11.4 Å². The summed E-state index contributed by atoms with van der Waals surface area (Å²) >= 11 is 1.46. The van der Waals surface area contributed by atoms with Crippen molar-refractivity contribution in [3.63, 3.8) is 0 Å². The molecule has 2 atom stereocenters. The van der Waals surface area contributed by atoms with Crippen LogP contribution in [0, 0.1) is 11.8 Å². The van der Waals surface area contributed by atoms with Crippen LogP contribution in [-0.4, -0.2) is 48.3 Å². The summed E-state index contributed by atoms with van der Waals surface area (Å²) in [6.45, 7) is 2.78. The first-order valence-electron chi connectivity index (χ1n) is 6.70. The van der Waals surface area contributed by atoms with Crippen LogP contribution in [0.5, 0.6) is 0 Å². The fourth-order valence-electron chi connectivity index (χ4n) is 2.30. The van der Waals surface area contributed by atoms with Crippen LogP contribution < -0.4 is 0 Å². The van der Waals surface area contributed by atoms with Gasteiger partial charge in [0.15, 0.2) is 0 Å². The highest BCUT2D eigenvalue weighted by Gasteiger charge is 2.31. The van der Waals surface area contributed by atoms with Crippen molar-refractivity contribution in [3.8, 4) is 11.8 Å². The van der Waals surface area contributed by atoms with E-state index in [2.05, 4.69) is 11.8 Å². The lowest BCUT2D eigenvalue weighted by Gasteiger charge is -2.26. The molecule has 1 aromatic heterocycles. The molecule has 4 nitrogen and oxygen atoms in total. The standard InChI is InChI=1S/C15H19NO3S/c1-11-14(6-8-19-11)16(2)15(18)12-9-13(20-10-12)5-3-4-7-17/h9-11,14,17H,4,6-8H2,1-2H3. The number of amides is 1. The number of hydrogen-bond acceptors (Lipinski definition) is 4. The van der Waals surface area contributed by atoms with Crippen molar-refractivity contribution in [2.45, 2.75) is 31.9 Å². The normalized spacial score (nSPS) is 21.4. The minimum atomic E-state index is 0.0128. The van der Waals surface area contributed by atoms with Crippen LogP contribution >= 0.6 is 11.3 Å². The number of carbonyl (C=O) groups excluding carboxylic acids is 1. The highest BCUT2D eigenvalue weighted by molar-refractivity contribution is 7.10. The first kappa shape index (κ1) is 15.0. The van der Waals surface area contributed by atoms with Crippen LogP contribution in [0.2, 0.25) is 0 Å². The number of carbonyl (C=O) groups is 1. The summed E-state index contributed by atoms with van der Waals surface area (Å²) in [5.74, 6) is 5.82. The van der Waals surface area contributed by atoms with Gasteiger partial charge in [-0.2, -0.15) is 0 Å². The van der Waals surface area contributed by atoms with E-state index < -0.39 is 0 Å². The first-order valence-corrected chi connectivity index (χ1v) is 7.58. The number of aliphatic hydroxyl groups excluding tert-OH is 1. The molecule has 1 aliphatic heterocycles. The van der Waals surface area contributed by atoms with Gasteiger partial charge in [-0.3, -0.25) is 4.79 Å². The van der Waals surface area contributed by atoms with Gasteiger partial charge in [-0.25, -0.2) is 0 Å². The predicted octanol–water partition coefficient (Wildman–Crippen LogP) is 1.73. The van der Waals surface area contributed by atoms with Crippen LogP contribution in [0.25, 0.3) is 0 Å². The molecule has 0 radical (unpaired) electrons. The van der Waals surface area contributed by atoms with Gasteiger partial charge >= 0.3 is 0 Å². The molecule has 2 rings (SSSR count). The molecule has 0 saturated carbocycles. The third-order valence-corrected chi connectivity index (χ3v) is 4.29. The van der Waals surface area contributed by atoms with Crippen molar-refractivity contribution >= 4 is 17.2 Å². The molecule has 2 heterocycles. The molecule has 5 heteroatoms. The molecule has 0 spiro atoms. The minimum absolute atomic E-state index is 0.0128. The van der Waals surface area contributed by atoms with Gasteiger partial charge in [-0.1, -0.05) is 11.8 Å². The fourth-order valence-corrected chi connectivity index (χ4v) is 3.05. The van der Waals surface area contributed by atoms with E-state index in [0.717, 1.165) is 11.3 Å². The average Bonchev–Trinajstić information content (AvgIpc) is 3.06. The molecule has 1 aromatic rings. The number of nitrogens with zero attached hydrogens (tertiary/aromatic N) is 1. The molecule has 0 aromatic carbocycles. The number of hydrogen-bond donors (Lipinski definition) is 1. The van der Waals surface area contributed by atoms with Gasteiger partial charge in [-0.15, -0.1) is 11.3 Å². The Morgan fingerprint density at radius 1 is 1.65 bits per heavy atom. The van der Waals surface area contributed by atoms with Gasteiger partial charge in [-0.05, 0) is 19.4 Å². The van der Waals surface area contributed by atoms with E-state index in [4.69, 9.17) is 9.84 Å². The second-order valence-electron chi connectivity index (χ2n) is 4.82. The summed E-state index contributed by atoms with van der Waals surface area (Å²) in [6, 6.07) is 1.96. The van der Waals surface area contributed by atoms with Crippen LogP contribution in [0.1, 0.15) is 35.0 Å². The predicted molar refractivity (Wildman–Crippen MR) is 78.8 cm³/mol. The van der Waals surface area contributed by atoms with Gasteiger partial charge in [0.25, 0.3) is 5.91 Å². The average molecular weight is 293 g/mol. The lowest BCUT2D eigenvalue weighted by molar-refractivity contribution is 0.0575. The van der Waals surface area contributed by atoms with Crippen LogP contribution in [-0.2, 0) is 4.74 Å². The molecular weight excluding hydrogens is 274 g/mol. The Balaban J connectivity index is 2.04. The van der Waals surface area contributed by atoms with E-state index >= 15 is 0 Å². The number of rotatable bonds is 3. The zero-order chi connectivity index (χ0) is 14.5. The SMILES string of the molecule is CC1OCCC1N(C)C(=O)c1csc(C#CCCO)c1. The van der Waals surface area contributed by atoms with E-state index in [1.165, 1.54) is 11.3 Å². The maximum Gasteiger partial charge on any atom is 0.254 e. The van der Waals surface area contributed by atoms with Gasteiger partial charge < -0.3 is 14.7 Å². The van der Waals surface area contributed by atoms with Crippen LogP contribution in [0.4, 0.5) is 0 Å². The fraction of sp³-hybridized carbons (Fsp3) is 0.533. The van der Waals surface area contributed by atoms with Crippen LogP contribution in [0.3, 0.4) is 0 Å². The molecule has 20 heavy (non-hydrogen) atoms. The lowest BCUT2D eigenvalue weighted by atomic mass is 10.1. The molecule has 1 saturated heterocycles. The first-order chi connectivity index (χ1) is 9.63. The van der Waals surface area contributed by atoms with Crippen molar-refractivity contribution in [2.24, 2.45) is 0 Å². The zero-order valence-corrected chi connectivity index (χ0v) is 12.6. The Kier molecular flexibility index (Phi) is 5.18. The number of likely N-dealkylation sites (N-methyl/N-ethyl adjacent to an activating group) is 1. The number of aliphatic hydroxyl groups is 1. The van der Waals surface area contributed by atoms with Crippen molar-refractivity contribution in [1.29, 1.82) is 0 Å². The maximum atomic E-state index is 12.4. The third-order valence-electron chi connectivity index (χ3n) is 3.45. The second kappa shape index (κ2) is 6.89. The molecular formula is C15H19NO3S. The molecule has 108 valence electrons. The summed E-state index contributed by atoms with van der Waals surface area (Å²) < 4.78 is 5.51. The Morgan fingerprint density at radius 2 is 2.45 bits per heavy atom. The Hall–Kier alpha value is -1.35. The summed E-state index contributed by atoms with van der Waals surface area (Å²) in [6.07, 6.45) is 1.43. The highest BCUT2D eigenvalue weighted by atomic mass is 32.1. The van der Waals surface area contributed by atoms with Crippen molar-refractivity contribution < 1.29 is 14.6 Å². The van der Waals surface area contributed by atoms with E-state index in [1.807, 2.05) is 25.4 Å². The third kappa shape index (κ3) is 3.40. The zero-order valence-electron chi connectivity index (χ0n) is 11.8. The van der Waals surface area contributed by atoms with Gasteiger partial charge in [0.05, 0.1) is 29.2 Å². The summed E-state index contributed by atoms with van der Waals surface area (Å²) in [5, 5.41) is 10.5. The van der Waals surface area contributed by atoms with Crippen molar-refractivity contribution in [3.05, 3.63) is 21.9 Å². The number of ether oxygens (including phenoxy) is 1. The quantitative estimate of drug-likeness (QED) is 0.864. The smallest absolute Gasteiger partial charge is 0.254 e. The Bertz CT molecular complexity index is 529. The minimum Gasteiger partial charge on any atom is -0.395 e. The Morgan fingerprint density at radius 3 is 3.10 bits per heavy atom. The second-order valence-corrected chi connectivity index (χ2v) is 5.73. The number of thiophene rings is 1. The monoisotopic (exact) mass is 293 g/mol. The largest absolute Gasteiger partial charge is 0.395 e. The van der Waals surface area contributed by atoms with Crippen molar-refractivity contribution in [1.82, 2.24) is 4.90 Å². The molecule has 1 N–H and O–H groups in total. The van der Waals surface area contributed by atoms with Gasteiger partial charge in [0.2, 0.25) is 0 Å². The molecule has 0 aliphatic carbocycles. The molecule has 0 bridgehead atoms. The molecule has 1 aliphatic rings. The summed E-state index contributed by atoms with van der Waals surface area (Å²) in [4.78, 5) is 15.0. The van der Waals surface area contributed by atoms with E-state index in [9.17, 15) is 4.79 Å². The maximum absolute atomic E-state index is 12.4. The van der Waals surface area contributed by atoms with E-state index in [1.54, 1.807) is 4.90 Å². The molecule has 1 amide bonds.